The minimum Gasteiger partial charge on any atom is -0.414 e. The molecule has 0 aromatic carbocycles. The summed E-state index contributed by atoms with van der Waals surface area (Å²) in [6.07, 6.45) is -6.11. The van der Waals surface area contributed by atoms with Gasteiger partial charge in [-0.05, 0) is 24.4 Å². The number of nitrogens with one attached hydrogen (secondary N) is 1. The molecule has 5 nitrogen and oxygen atoms in total. The van der Waals surface area contributed by atoms with Gasteiger partial charge in [0.25, 0.3) is 7.28 Å². The van der Waals surface area contributed by atoms with Gasteiger partial charge in [-0.2, -0.15) is 19.0 Å². The first-order valence-corrected chi connectivity index (χ1v) is 13.7. The Hall–Kier alpha value is -0.738. The van der Waals surface area contributed by atoms with Crippen molar-refractivity contribution >= 4 is 33.3 Å². The van der Waals surface area contributed by atoms with Gasteiger partial charge in [-0.1, -0.05) is 26.7 Å². The predicted molar refractivity (Wildman–Crippen MR) is 113 cm³/mol. The lowest BCUT2D eigenvalue weighted by Gasteiger charge is -2.37. The molecule has 4 atom stereocenters. The molecule has 1 amide bonds. The summed E-state index contributed by atoms with van der Waals surface area (Å²) in [6.45, 7) is 10.1. The van der Waals surface area contributed by atoms with Crippen LogP contribution >= 0.6 is 11.8 Å². The van der Waals surface area contributed by atoms with Crippen molar-refractivity contribution in [2.24, 2.45) is 0 Å². The molecule has 0 aromatic rings. The van der Waals surface area contributed by atoms with Gasteiger partial charge in [0.2, 0.25) is 0 Å². The van der Waals surface area contributed by atoms with E-state index in [0.717, 1.165) is 0 Å². The Morgan fingerprint density at radius 2 is 1.93 bits per heavy atom. The van der Waals surface area contributed by atoms with Crippen LogP contribution in [0.25, 0.3) is 0 Å². The molecule has 0 aromatic heterocycles. The molecule has 0 bridgehead atoms. The Labute approximate surface area is 181 Å². The third kappa shape index (κ3) is 8.07. The molecule has 1 radical (unpaired) electrons. The summed E-state index contributed by atoms with van der Waals surface area (Å²) in [5.41, 5.74) is 0. The predicted octanol–water partition coefficient (Wildman–Crippen LogP) is 3.12. The number of amides is 1. The second kappa shape index (κ2) is 11.2. The highest BCUT2D eigenvalue weighted by Gasteiger charge is 2.47. The fourth-order valence-electron chi connectivity index (χ4n) is 2.28. The number of hydrogen-bond donors (Lipinski definition) is 1. The zero-order valence-corrected chi connectivity index (χ0v) is 19.9. The number of alkyl halides is 4. The van der Waals surface area contributed by atoms with Gasteiger partial charge in [-0.25, -0.2) is 4.39 Å². The van der Waals surface area contributed by atoms with Gasteiger partial charge in [-0.15, -0.1) is 11.8 Å². The molecule has 0 saturated carbocycles. The summed E-state index contributed by atoms with van der Waals surface area (Å²) in [5, 5.41) is 1.60. The van der Waals surface area contributed by atoms with E-state index in [0.29, 0.717) is 0 Å². The second-order valence-corrected chi connectivity index (χ2v) is 14.0. The Bertz CT molecular complexity index is 636. The van der Waals surface area contributed by atoms with Crippen LogP contribution in [0.2, 0.25) is 18.1 Å². The fourth-order valence-corrected chi connectivity index (χ4v) is 3.59. The van der Waals surface area contributed by atoms with E-state index in [1.54, 1.807) is 5.32 Å². The van der Waals surface area contributed by atoms with E-state index in [1.165, 1.54) is 19.0 Å². The van der Waals surface area contributed by atoms with Gasteiger partial charge < -0.3 is 19.2 Å². The van der Waals surface area contributed by atoms with Gasteiger partial charge in [0.05, 0.1) is 25.1 Å². The summed E-state index contributed by atoms with van der Waals surface area (Å²) in [5.74, 6) is 2.98. The molecular formula is C18H29BF4NO4SSi. The van der Waals surface area contributed by atoms with Crippen LogP contribution in [-0.4, -0.2) is 77.4 Å². The first-order chi connectivity index (χ1) is 13.7. The van der Waals surface area contributed by atoms with Crippen molar-refractivity contribution in [3.63, 3.8) is 0 Å². The Balaban J connectivity index is 2.68. The lowest BCUT2D eigenvalue weighted by atomic mass is 9.70. The minimum absolute atomic E-state index is 0.0196. The SMILES string of the molecule is CSCOC1C(F)[C@H]([B]C#CCNC(=O)C(F)(F)F)O[C@@H]1CO[Si](C)(C)C(C)(C)C. The van der Waals surface area contributed by atoms with Crippen LogP contribution < -0.4 is 5.32 Å². The average Bonchev–Trinajstić information content (AvgIpc) is 2.91. The summed E-state index contributed by atoms with van der Waals surface area (Å²) in [6, 6.07) is -1.00. The van der Waals surface area contributed by atoms with Crippen LogP contribution in [0.1, 0.15) is 20.8 Å². The minimum atomic E-state index is -4.97. The molecule has 171 valence electrons. The average molecular weight is 470 g/mol. The number of ether oxygens (including phenoxy) is 2. The fraction of sp³-hybridized carbons (Fsp3) is 0.833. The van der Waals surface area contributed by atoms with E-state index in [1.807, 2.05) is 6.26 Å². The Kier molecular flexibility index (Phi) is 10.2. The number of carbonyl (C=O) groups excluding carboxylic acids is 1. The quantitative estimate of drug-likeness (QED) is 0.256. The topological polar surface area (TPSA) is 56.8 Å². The summed E-state index contributed by atoms with van der Waals surface area (Å²) in [7, 11) is -0.845. The summed E-state index contributed by atoms with van der Waals surface area (Å²) < 4.78 is 68.7. The molecule has 1 fully saturated rings. The molecule has 30 heavy (non-hydrogen) atoms. The number of hydrogen-bond acceptors (Lipinski definition) is 5. The molecule has 2 unspecified atom stereocenters. The number of thioether (sulfide) groups is 1. The zero-order chi connectivity index (χ0) is 23.2. The lowest BCUT2D eigenvalue weighted by molar-refractivity contribution is -0.173. The normalized spacial score (nSPS) is 24.9. The molecular weight excluding hydrogens is 441 g/mol. The number of rotatable bonds is 8. The van der Waals surface area contributed by atoms with E-state index in [2.05, 4.69) is 45.6 Å². The second-order valence-electron chi connectivity index (χ2n) is 8.36. The molecule has 1 rings (SSSR count). The van der Waals surface area contributed by atoms with E-state index in [9.17, 15) is 22.4 Å². The zero-order valence-electron chi connectivity index (χ0n) is 18.1. The molecule has 1 aliphatic rings. The molecule has 0 spiro atoms. The summed E-state index contributed by atoms with van der Waals surface area (Å²) >= 11 is 1.40. The van der Waals surface area contributed by atoms with Gasteiger partial charge in [0.1, 0.15) is 18.4 Å². The molecule has 1 heterocycles. The van der Waals surface area contributed by atoms with E-state index < -0.39 is 51.3 Å². The first-order valence-electron chi connectivity index (χ1n) is 9.41. The van der Waals surface area contributed by atoms with Crippen molar-refractivity contribution in [3.8, 4) is 11.7 Å². The van der Waals surface area contributed by atoms with Crippen LogP contribution in [0.3, 0.4) is 0 Å². The Morgan fingerprint density at radius 3 is 2.47 bits per heavy atom. The van der Waals surface area contributed by atoms with E-state index >= 15 is 0 Å². The standard InChI is InChI=1S/C18H29BF4NO4SSi/c1-17(2,3)30(5,6)27-10-12-14(26-11-29-4)13(20)15(28-12)19-8-7-9-24-16(25)18(21,22)23/h12-15H,9-11H2,1-6H3,(H,24,25)/t12-,13?,14?,15-/m1/s1. The molecule has 0 aliphatic carbocycles. The summed E-state index contributed by atoms with van der Waals surface area (Å²) in [4.78, 5) is 10.7. The molecule has 1 aliphatic heterocycles. The maximum Gasteiger partial charge on any atom is 0.471 e. The third-order valence-corrected chi connectivity index (χ3v) is 9.94. The van der Waals surface area contributed by atoms with Crippen LogP contribution in [0.15, 0.2) is 0 Å². The maximum absolute atomic E-state index is 14.9. The maximum atomic E-state index is 14.9. The highest BCUT2D eigenvalue weighted by Crippen LogP contribution is 2.37. The van der Waals surface area contributed by atoms with Gasteiger partial charge in [0.15, 0.2) is 8.32 Å². The molecule has 12 heteroatoms. The number of carbonyl (C=O) groups is 1. The largest absolute Gasteiger partial charge is 0.471 e. The van der Waals surface area contributed by atoms with Crippen LogP contribution in [0.5, 0.6) is 0 Å². The van der Waals surface area contributed by atoms with Crippen molar-refractivity contribution in [2.45, 2.75) is 69.5 Å². The van der Waals surface area contributed by atoms with Gasteiger partial charge in [-0.3, -0.25) is 4.79 Å². The highest BCUT2D eigenvalue weighted by molar-refractivity contribution is 7.98. The van der Waals surface area contributed by atoms with Crippen molar-refractivity contribution in [3.05, 3.63) is 0 Å². The van der Waals surface area contributed by atoms with Crippen molar-refractivity contribution < 1.29 is 36.3 Å². The highest BCUT2D eigenvalue weighted by atomic mass is 32.2. The van der Waals surface area contributed by atoms with E-state index in [-0.39, 0.29) is 17.6 Å². The lowest BCUT2D eigenvalue weighted by Crippen LogP contribution is -2.44. The molecule has 1 N–H and O–H groups in total. The van der Waals surface area contributed by atoms with Crippen molar-refractivity contribution in [1.29, 1.82) is 0 Å². The third-order valence-electron chi connectivity index (χ3n) is 5.06. The smallest absolute Gasteiger partial charge is 0.414 e. The Morgan fingerprint density at radius 1 is 1.30 bits per heavy atom. The van der Waals surface area contributed by atoms with Crippen LogP contribution in [0, 0.1) is 11.7 Å². The molecule has 1 saturated heterocycles. The van der Waals surface area contributed by atoms with Crippen molar-refractivity contribution in [1.82, 2.24) is 5.32 Å². The first kappa shape index (κ1) is 27.3. The van der Waals surface area contributed by atoms with Crippen LogP contribution in [-0.2, 0) is 18.7 Å². The number of halogens is 4. The van der Waals surface area contributed by atoms with Gasteiger partial charge >= 0.3 is 12.1 Å². The van der Waals surface area contributed by atoms with Crippen molar-refractivity contribution in [2.75, 3.05) is 25.3 Å². The van der Waals surface area contributed by atoms with Crippen LogP contribution in [0.4, 0.5) is 17.6 Å². The van der Waals surface area contributed by atoms with Gasteiger partial charge in [0, 0.05) is 0 Å². The van der Waals surface area contributed by atoms with E-state index in [4.69, 9.17) is 13.9 Å². The monoisotopic (exact) mass is 470 g/mol.